The van der Waals surface area contributed by atoms with Gasteiger partial charge in [-0.05, 0) is 24.1 Å². The number of ether oxygens (including phenoxy) is 1. The smallest absolute Gasteiger partial charge is 0.355 e. The Morgan fingerprint density at radius 2 is 2.26 bits per heavy atom. The van der Waals surface area contributed by atoms with Gasteiger partial charge in [0, 0.05) is 43.3 Å². The fourth-order valence-corrected chi connectivity index (χ4v) is 5.38. The summed E-state index contributed by atoms with van der Waals surface area (Å²) in [6.07, 6.45) is 4.36. The van der Waals surface area contributed by atoms with Crippen LogP contribution in [0.4, 0.5) is 5.69 Å². The molecule has 11 heteroatoms. The molecule has 1 aliphatic heterocycles. The zero-order valence-corrected chi connectivity index (χ0v) is 20.3. The van der Waals surface area contributed by atoms with E-state index in [0.29, 0.717) is 41.6 Å². The number of carboxylic acids is 1. The minimum Gasteiger partial charge on any atom is -0.476 e. The lowest BCUT2D eigenvalue weighted by atomic mass is 10.1. The molecule has 0 unspecified atom stereocenters. The lowest BCUT2D eigenvalue weighted by Crippen LogP contribution is -2.33. The molecule has 1 fully saturated rings. The van der Waals surface area contributed by atoms with Crippen LogP contribution < -0.4 is 5.32 Å². The second kappa shape index (κ2) is 12.7. The zero-order valence-electron chi connectivity index (χ0n) is 18.7. The van der Waals surface area contributed by atoms with Crippen molar-refractivity contribution in [2.24, 2.45) is 0 Å². The quantitative estimate of drug-likeness (QED) is 0.297. The van der Waals surface area contributed by atoms with E-state index in [0.717, 1.165) is 5.56 Å². The Balaban J connectivity index is 1.50. The van der Waals surface area contributed by atoms with Crippen LogP contribution in [0.3, 0.4) is 0 Å². The van der Waals surface area contributed by atoms with Crippen molar-refractivity contribution in [3.05, 3.63) is 53.1 Å². The van der Waals surface area contributed by atoms with E-state index in [2.05, 4.69) is 10.3 Å². The number of hydrogen-bond donors (Lipinski definition) is 3. The molecule has 2 amide bonds. The number of nitrogens with zero attached hydrogens (tertiary/aromatic N) is 2. The number of thiazole rings is 1. The van der Waals surface area contributed by atoms with Gasteiger partial charge in [0.2, 0.25) is 11.8 Å². The number of aromatic nitrogens is 1. The number of aliphatic hydroxyl groups excluding tert-OH is 1. The average molecular weight is 506 g/mol. The number of hydrogen-bond acceptors (Lipinski definition) is 8. The van der Waals surface area contributed by atoms with Gasteiger partial charge < -0.3 is 25.2 Å². The Morgan fingerprint density at radius 1 is 1.44 bits per heavy atom. The summed E-state index contributed by atoms with van der Waals surface area (Å²) < 4.78 is 5.47. The molecule has 0 bridgehead atoms. The molecule has 0 aliphatic carbocycles. The first kappa shape index (κ1) is 25.9. The van der Waals surface area contributed by atoms with Gasteiger partial charge in [-0.15, -0.1) is 11.3 Å². The first-order valence-corrected chi connectivity index (χ1v) is 12.6. The van der Waals surface area contributed by atoms with Crippen LogP contribution in [0.15, 0.2) is 46.1 Å². The van der Waals surface area contributed by atoms with E-state index in [4.69, 9.17) is 9.84 Å². The van der Waals surface area contributed by atoms with Gasteiger partial charge in [-0.3, -0.25) is 9.59 Å². The number of carbonyl (C=O) groups excluding carboxylic acids is 2. The number of aliphatic hydroxyl groups is 1. The summed E-state index contributed by atoms with van der Waals surface area (Å²) in [7, 11) is 1.45. The highest BCUT2D eigenvalue weighted by atomic mass is 32.2. The molecule has 3 N–H and O–H groups in total. The number of rotatable bonds is 12. The van der Waals surface area contributed by atoms with Gasteiger partial charge in [0.25, 0.3) is 0 Å². The number of nitrogens with one attached hydrogen (secondary N) is 1. The maximum Gasteiger partial charge on any atom is 0.355 e. The number of amides is 2. The van der Waals surface area contributed by atoms with Crippen LogP contribution in [0.2, 0.25) is 0 Å². The highest BCUT2D eigenvalue weighted by molar-refractivity contribution is 8.01. The highest BCUT2D eigenvalue weighted by Crippen LogP contribution is 2.25. The predicted molar refractivity (Wildman–Crippen MR) is 130 cm³/mol. The summed E-state index contributed by atoms with van der Waals surface area (Å²) in [5.41, 5.74) is 1.53. The number of benzene rings is 1. The van der Waals surface area contributed by atoms with E-state index in [1.165, 1.54) is 35.6 Å². The van der Waals surface area contributed by atoms with Gasteiger partial charge in [-0.25, -0.2) is 9.78 Å². The fraction of sp³-hybridized carbons (Fsp3) is 0.391. The van der Waals surface area contributed by atoms with Crippen molar-refractivity contribution in [2.75, 3.05) is 31.3 Å². The van der Waals surface area contributed by atoms with Gasteiger partial charge in [-0.2, -0.15) is 0 Å². The summed E-state index contributed by atoms with van der Waals surface area (Å²) >= 11 is 2.70. The molecule has 2 aromatic rings. The molecule has 0 spiro atoms. The normalized spacial score (nSPS) is 16.8. The molecule has 1 aromatic heterocycles. The van der Waals surface area contributed by atoms with Crippen LogP contribution in [-0.4, -0.2) is 76.0 Å². The SMILES string of the molecule is COCC(=O)Nc1cccc(C[C@H](O)/C=C/[C@H]2CCC(=O)N2CCSc2nc(C(=O)O)cs2)c1. The van der Waals surface area contributed by atoms with Crippen molar-refractivity contribution >= 4 is 46.6 Å². The Hall–Kier alpha value is -2.73. The Morgan fingerprint density at radius 3 is 3.00 bits per heavy atom. The van der Waals surface area contributed by atoms with Crippen molar-refractivity contribution in [3.8, 4) is 0 Å². The minimum atomic E-state index is -1.05. The summed E-state index contributed by atoms with van der Waals surface area (Å²) in [6, 6.07) is 7.17. The van der Waals surface area contributed by atoms with E-state index < -0.39 is 12.1 Å². The molecule has 3 rings (SSSR count). The predicted octanol–water partition coefficient (Wildman–Crippen LogP) is 2.67. The van der Waals surface area contributed by atoms with Crippen LogP contribution in [0.5, 0.6) is 0 Å². The van der Waals surface area contributed by atoms with Crippen molar-refractivity contribution < 1.29 is 29.3 Å². The first-order chi connectivity index (χ1) is 16.4. The largest absolute Gasteiger partial charge is 0.476 e. The minimum absolute atomic E-state index is 0.0298. The third-order valence-corrected chi connectivity index (χ3v) is 7.12. The van der Waals surface area contributed by atoms with Crippen molar-refractivity contribution in [1.29, 1.82) is 0 Å². The van der Waals surface area contributed by atoms with Gasteiger partial charge in [-0.1, -0.05) is 36.0 Å². The number of anilines is 1. The van der Waals surface area contributed by atoms with E-state index in [1.54, 1.807) is 17.0 Å². The molecule has 2 heterocycles. The number of thioether (sulfide) groups is 1. The molecular weight excluding hydrogens is 478 g/mol. The van der Waals surface area contributed by atoms with Crippen LogP contribution in [0.25, 0.3) is 0 Å². The molecule has 34 heavy (non-hydrogen) atoms. The van der Waals surface area contributed by atoms with Crippen LogP contribution in [0, 0.1) is 0 Å². The molecule has 0 saturated carbocycles. The van der Waals surface area contributed by atoms with Crippen LogP contribution in [-0.2, 0) is 20.7 Å². The van der Waals surface area contributed by atoms with Crippen LogP contribution in [0.1, 0.15) is 28.9 Å². The molecule has 1 aliphatic rings. The molecule has 2 atom stereocenters. The molecular formula is C23H27N3O6S2. The second-order valence-electron chi connectivity index (χ2n) is 7.68. The molecule has 1 saturated heterocycles. The summed E-state index contributed by atoms with van der Waals surface area (Å²) in [4.78, 5) is 40.8. The Kier molecular flexibility index (Phi) is 9.63. The Labute approximate surface area is 205 Å². The lowest BCUT2D eigenvalue weighted by molar-refractivity contribution is -0.128. The Bertz CT molecular complexity index is 1040. The zero-order chi connectivity index (χ0) is 24.5. The van der Waals surface area contributed by atoms with Crippen molar-refractivity contribution in [1.82, 2.24) is 9.88 Å². The van der Waals surface area contributed by atoms with E-state index in [1.807, 2.05) is 24.3 Å². The van der Waals surface area contributed by atoms with Gasteiger partial charge >= 0.3 is 5.97 Å². The second-order valence-corrected chi connectivity index (χ2v) is 9.88. The van der Waals surface area contributed by atoms with Crippen LogP contribution >= 0.6 is 23.1 Å². The van der Waals surface area contributed by atoms with Gasteiger partial charge in [0.15, 0.2) is 10.0 Å². The number of likely N-dealkylation sites (tertiary alicyclic amines) is 1. The van der Waals surface area contributed by atoms with Gasteiger partial charge in [0.05, 0.1) is 12.1 Å². The molecule has 1 aromatic carbocycles. The maximum atomic E-state index is 12.3. The van der Waals surface area contributed by atoms with Gasteiger partial charge in [0.1, 0.15) is 6.61 Å². The van der Waals surface area contributed by atoms with Crippen molar-refractivity contribution in [3.63, 3.8) is 0 Å². The maximum absolute atomic E-state index is 12.3. The standard InChI is InChI=1S/C23H27N3O6S2/c1-32-13-20(28)24-16-4-2-3-15(11-16)12-18(27)7-5-17-6-8-21(29)26(17)9-10-33-23-25-19(14-34-23)22(30)31/h2-5,7,11,14,17-18,27H,6,8-10,12-13H2,1H3,(H,24,28)(H,30,31)/b7-5+/t17-,18+/m0/s1. The fourth-order valence-electron chi connectivity index (χ4n) is 3.57. The monoisotopic (exact) mass is 505 g/mol. The lowest BCUT2D eigenvalue weighted by Gasteiger charge is -2.22. The van der Waals surface area contributed by atoms with E-state index >= 15 is 0 Å². The third-order valence-electron chi connectivity index (χ3n) is 5.12. The van der Waals surface area contributed by atoms with E-state index in [-0.39, 0.29) is 30.2 Å². The molecule has 9 nitrogen and oxygen atoms in total. The summed E-state index contributed by atoms with van der Waals surface area (Å²) in [6.45, 7) is 0.484. The number of carboxylic acid groups (broad SMARTS) is 1. The third kappa shape index (κ3) is 7.66. The number of methoxy groups -OCH3 is 1. The number of carbonyl (C=O) groups is 3. The topological polar surface area (TPSA) is 129 Å². The average Bonchev–Trinajstić information content (AvgIpc) is 3.40. The summed E-state index contributed by atoms with van der Waals surface area (Å²) in [5, 5.41) is 23.7. The van der Waals surface area contributed by atoms with E-state index in [9.17, 15) is 19.5 Å². The first-order valence-electron chi connectivity index (χ1n) is 10.7. The molecule has 182 valence electrons. The van der Waals surface area contributed by atoms with Crippen molar-refractivity contribution in [2.45, 2.75) is 35.7 Å². The highest BCUT2D eigenvalue weighted by Gasteiger charge is 2.28. The summed E-state index contributed by atoms with van der Waals surface area (Å²) in [5.74, 6) is -0.632. The number of aromatic carboxylic acids is 1. The molecule has 0 radical (unpaired) electrons.